The monoisotopic (exact) mass is 137 g/mol. The molecule has 0 aromatic rings. The Morgan fingerprint density at radius 2 is 2.33 bits per heavy atom. The number of hydrogen-bond donors (Lipinski definition) is 0. The molecule has 0 fully saturated rings. The van der Waals surface area contributed by atoms with Crippen LogP contribution in [-0.2, 0) is 14.3 Å². The van der Waals surface area contributed by atoms with Crippen LogP contribution in [0, 0.1) is 0 Å². The normalized spacial score (nSPS) is 24.8. The van der Waals surface area contributed by atoms with E-state index < -0.39 is 31.4 Å². The number of hydrogen-bond acceptors (Lipinski definition) is 3. The summed E-state index contributed by atoms with van der Waals surface area (Å²) in [6.45, 7) is -3.33. The molecule has 0 rings (SSSR count). The summed E-state index contributed by atoms with van der Waals surface area (Å²) < 4.78 is 52.5. The third-order valence-electron chi connectivity index (χ3n) is 0.463. The van der Waals surface area contributed by atoms with E-state index in [1.807, 2.05) is 0 Å². The molecule has 0 radical (unpaired) electrons. The molecule has 9 heavy (non-hydrogen) atoms. The number of rotatable bonds is 3. The van der Waals surface area contributed by atoms with E-state index in [-0.39, 0.29) is 0 Å². The summed E-state index contributed by atoms with van der Waals surface area (Å²) in [5, 5.41) is 0. The van der Waals surface area contributed by atoms with Crippen LogP contribution in [0.15, 0.2) is 0 Å². The molecule has 0 heterocycles. The van der Waals surface area contributed by atoms with E-state index in [1.54, 1.807) is 0 Å². The predicted molar refractivity (Wildman–Crippen MR) is 31.9 cm³/mol. The second kappa shape index (κ2) is 4.06. The smallest absolute Gasteiger partial charge is 0.305 e. The molecule has 0 bridgehead atoms. The van der Waals surface area contributed by atoms with Crippen LogP contribution < -0.4 is 0 Å². The highest BCUT2D eigenvalue weighted by molar-refractivity contribution is 5.80. The number of carbonyl (C=O) groups excluding carboxylic acids is 2. The molecule has 3 nitrogen and oxygen atoms in total. The molecule has 0 aliphatic carbocycles. The molecule has 0 saturated carbocycles. The number of esters is 1. The maximum atomic E-state index is 11.2. The van der Waals surface area contributed by atoms with Gasteiger partial charge in [-0.2, -0.15) is 0 Å². The van der Waals surface area contributed by atoms with Crippen LogP contribution in [0.5, 0.6) is 0 Å². The summed E-state index contributed by atoms with van der Waals surface area (Å²) >= 11 is 0. The van der Waals surface area contributed by atoms with Gasteiger partial charge in [-0.05, 0) is 6.85 Å². The first-order valence-electron chi connectivity index (χ1n) is 5.52. The van der Waals surface area contributed by atoms with Gasteiger partial charge in [0, 0.05) is 16.0 Å². The van der Waals surface area contributed by atoms with Crippen LogP contribution in [0.4, 0.5) is 0 Å². The maximum Gasteiger partial charge on any atom is 0.305 e. The van der Waals surface area contributed by atoms with E-state index in [9.17, 15) is 9.59 Å². The Kier molecular flexibility index (Phi) is 0.937. The lowest BCUT2D eigenvalue weighted by Crippen LogP contribution is -2.02. The van der Waals surface area contributed by atoms with Gasteiger partial charge in [-0.3, -0.25) is 4.79 Å². The highest BCUT2D eigenvalue weighted by Gasteiger charge is 2.00. The van der Waals surface area contributed by atoms with Gasteiger partial charge in [0.1, 0.15) is 5.78 Å². The van der Waals surface area contributed by atoms with Crippen molar-refractivity contribution in [3.8, 4) is 0 Å². The molecular weight excluding hydrogens is 120 g/mol. The summed E-state index contributed by atoms with van der Waals surface area (Å²) in [6.07, 6.45) is -6.83. The first kappa shape index (κ1) is 2.08. The van der Waals surface area contributed by atoms with Gasteiger partial charge >= 0.3 is 5.97 Å². The first-order valence-corrected chi connectivity index (χ1v) is 2.02. The second-order valence-corrected chi connectivity index (χ2v) is 1.07. The lowest BCUT2D eigenvalue weighted by atomic mass is 10.2. The third-order valence-corrected chi connectivity index (χ3v) is 0.463. The summed E-state index contributed by atoms with van der Waals surface area (Å²) in [6, 6.07) is 0. The lowest BCUT2D eigenvalue weighted by Gasteiger charge is -1.93. The van der Waals surface area contributed by atoms with Gasteiger partial charge in [0.05, 0.1) is 13.5 Å². The fourth-order valence-corrected chi connectivity index (χ4v) is 0.159. The maximum absolute atomic E-state index is 11.2. The van der Waals surface area contributed by atoms with E-state index in [4.69, 9.17) is 9.60 Å². The van der Waals surface area contributed by atoms with Crippen LogP contribution in [0.25, 0.3) is 0 Å². The molecule has 0 saturated heterocycles. The van der Waals surface area contributed by atoms with E-state index in [0.717, 1.165) is 7.11 Å². The molecule has 3 heteroatoms. The topological polar surface area (TPSA) is 43.4 Å². The Morgan fingerprint density at radius 1 is 1.67 bits per heavy atom. The van der Waals surface area contributed by atoms with Gasteiger partial charge in [0.15, 0.2) is 0 Å². The van der Waals surface area contributed by atoms with Gasteiger partial charge < -0.3 is 9.53 Å². The van der Waals surface area contributed by atoms with Crippen LogP contribution in [0.1, 0.15) is 29.2 Å². The van der Waals surface area contributed by atoms with E-state index in [0.29, 0.717) is 0 Å². The molecule has 0 aromatic heterocycles. The third kappa shape index (κ3) is 5.00. The zero-order valence-electron chi connectivity index (χ0n) is 11.7. The van der Waals surface area contributed by atoms with Crippen LogP contribution in [0.2, 0.25) is 0 Å². The van der Waals surface area contributed by atoms with Gasteiger partial charge in [-0.25, -0.2) is 0 Å². The van der Waals surface area contributed by atoms with Crippen molar-refractivity contribution < 1.29 is 23.9 Å². The highest BCUT2D eigenvalue weighted by atomic mass is 16.5. The minimum atomic E-state index is -3.48. The molecule has 0 unspecified atom stereocenters. The fraction of sp³-hybridized carbons (Fsp3) is 0.667. The number of ketones is 1. The van der Waals surface area contributed by atoms with Gasteiger partial charge in [-0.1, -0.05) is 0 Å². The summed E-state index contributed by atoms with van der Waals surface area (Å²) in [5.74, 6) is -3.62. The first-order chi connectivity index (χ1) is 6.89. The number of Topliss-reactive ketones (excluding diaryl/α,β-unsaturated/α-hetero) is 1. The Labute approximate surface area is 63.8 Å². The standard InChI is InChI=1S/C6H10O3/c1-5(7)3-4-6(8)9-2/h3-4H2,1-2H3/i1D3,3D2,4D2. The van der Waals surface area contributed by atoms with Gasteiger partial charge in [-0.15, -0.1) is 0 Å². The van der Waals surface area contributed by atoms with Crippen molar-refractivity contribution in [3.05, 3.63) is 0 Å². The molecule has 0 spiro atoms. The zero-order valence-corrected chi connectivity index (χ0v) is 4.72. The molecule has 0 aliphatic rings. The molecular formula is C6H10O3. The van der Waals surface area contributed by atoms with Gasteiger partial charge in [0.25, 0.3) is 0 Å². The van der Waals surface area contributed by atoms with Crippen molar-refractivity contribution >= 4 is 11.8 Å². The van der Waals surface area contributed by atoms with Crippen molar-refractivity contribution in [2.75, 3.05) is 7.11 Å². The molecule has 0 aromatic carbocycles. The van der Waals surface area contributed by atoms with E-state index >= 15 is 0 Å². The molecule has 0 amide bonds. The van der Waals surface area contributed by atoms with E-state index in [2.05, 4.69) is 4.74 Å². The van der Waals surface area contributed by atoms with Crippen LogP contribution in [0.3, 0.4) is 0 Å². The molecule has 52 valence electrons. The number of ether oxygens (including phenoxy) is 1. The predicted octanol–water partition coefficient (Wildman–Crippen LogP) is 0.529. The Morgan fingerprint density at radius 3 is 2.78 bits per heavy atom. The summed E-state index contributed by atoms with van der Waals surface area (Å²) in [4.78, 5) is 22.1. The SMILES string of the molecule is [2H]C([2H])([2H])C(=O)C([2H])([2H])C([2H])([2H])C(=O)OC. The average Bonchev–Trinajstić information content (AvgIpc) is 2.13. The molecule has 0 N–H and O–H groups in total. The minimum absolute atomic E-state index is 0.802. The van der Waals surface area contributed by atoms with Crippen LogP contribution >= 0.6 is 0 Å². The largest absolute Gasteiger partial charge is 0.469 e. The lowest BCUT2D eigenvalue weighted by molar-refractivity contribution is -0.141. The van der Waals surface area contributed by atoms with Crippen molar-refractivity contribution in [1.82, 2.24) is 0 Å². The quantitative estimate of drug-likeness (QED) is 0.533. The Hall–Kier alpha value is -0.860. The van der Waals surface area contributed by atoms with Crippen LogP contribution in [-0.4, -0.2) is 18.9 Å². The second-order valence-electron chi connectivity index (χ2n) is 1.07. The summed E-state index contributed by atoms with van der Waals surface area (Å²) in [5.41, 5.74) is 0. The fourth-order valence-electron chi connectivity index (χ4n) is 0.159. The Balaban J connectivity index is 5.36. The van der Waals surface area contributed by atoms with Crippen molar-refractivity contribution in [2.45, 2.75) is 19.6 Å². The average molecular weight is 137 g/mol. The van der Waals surface area contributed by atoms with Crippen molar-refractivity contribution in [3.63, 3.8) is 0 Å². The number of carbonyl (C=O) groups is 2. The Bertz CT molecular complexity index is 306. The van der Waals surface area contributed by atoms with Crippen molar-refractivity contribution in [1.29, 1.82) is 0 Å². The van der Waals surface area contributed by atoms with E-state index in [1.165, 1.54) is 0 Å². The number of methoxy groups -OCH3 is 1. The highest BCUT2D eigenvalue weighted by Crippen LogP contribution is 1.91. The van der Waals surface area contributed by atoms with Gasteiger partial charge in [0.2, 0.25) is 0 Å². The summed E-state index contributed by atoms with van der Waals surface area (Å²) in [7, 11) is 0.802. The molecule has 0 aliphatic heterocycles. The minimum Gasteiger partial charge on any atom is -0.469 e. The van der Waals surface area contributed by atoms with Crippen molar-refractivity contribution in [2.24, 2.45) is 0 Å². The molecule has 0 atom stereocenters. The zero-order chi connectivity index (χ0) is 13.4.